The summed E-state index contributed by atoms with van der Waals surface area (Å²) in [6, 6.07) is 0. The maximum Gasteiger partial charge on any atom is 0.261 e. The molecule has 0 aromatic carbocycles. The normalized spacial score (nSPS) is 11.2. The van der Waals surface area contributed by atoms with Gasteiger partial charge in [0, 0.05) is 17.5 Å². The molecule has 0 amide bonds. The van der Waals surface area contributed by atoms with Crippen molar-refractivity contribution in [3.8, 4) is 5.75 Å². The largest absolute Gasteiger partial charge is 0.503 e. The van der Waals surface area contributed by atoms with Gasteiger partial charge in [-0.3, -0.25) is 9.20 Å². The summed E-state index contributed by atoms with van der Waals surface area (Å²) in [7, 11) is 0. The smallest absolute Gasteiger partial charge is 0.261 e. The third kappa shape index (κ3) is 2.58. The van der Waals surface area contributed by atoms with Crippen LogP contribution in [0.5, 0.6) is 5.75 Å². The van der Waals surface area contributed by atoms with E-state index in [0.29, 0.717) is 26.3 Å². The maximum atomic E-state index is 12.4. The second-order valence-corrected chi connectivity index (χ2v) is 5.90. The lowest BCUT2D eigenvalue weighted by molar-refractivity contribution is 0.472. The van der Waals surface area contributed by atoms with Crippen molar-refractivity contribution in [3.63, 3.8) is 0 Å². The van der Waals surface area contributed by atoms with Gasteiger partial charge in [0.05, 0.1) is 8.59 Å². The molecule has 2 heterocycles. The topological polar surface area (TPSA) is 54.6 Å². The Morgan fingerprint density at radius 2 is 2.21 bits per heavy atom. The van der Waals surface area contributed by atoms with Crippen LogP contribution in [0.1, 0.15) is 31.0 Å². The van der Waals surface area contributed by atoms with Crippen LogP contribution in [0, 0.1) is 10.5 Å². The van der Waals surface area contributed by atoms with E-state index in [9.17, 15) is 9.90 Å². The molecule has 0 fully saturated rings. The fourth-order valence-corrected chi connectivity index (χ4v) is 2.55. The first kappa shape index (κ1) is 14.6. The summed E-state index contributed by atoms with van der Waals surface area (Å²) < 4.78 is 1.84. The highest BCUT2D eigenvalue weighted by atomic mass is 127. The van der Waals surface area contributed by atoms with Gasteiger partial charge in [-0.2, -0.15) is 0 Å². The Morgan fingerprint density at radius 3 is 2.84 bits per heavy atom. The Hall–Kier alpha value is -0.820. The number of hydrogen-bond acceptors (Lipinski definition) is 3. The van der Waals surface area contributed by atoms with E-state index in [1.807, 2.05) is 22.6 Å². The summed E-state index contributed by atoms with van der Waals surface area (Å²) in [6.45, 7) is 3.87. The second-order valence-electron chi connectivity index (χ2n) is 4.42. The molecule has 6 heteroatoms. The first-order chi connectivity index (χ1) is 8.97. The number of aromatic hydroxyl groups is 1. The monoisotopic (exact) mass is 392 g/mol. The Bertz CT molecular complexity index is 697. The van der Waals surface area contributed by atoms with Gasteiger partial charge >= 0.3 is 0 Å². The fraction of sp³-hybridized carbons (Fsp3) is 0.385. The molecular formula is C13H14ClIN2O2. The van der Waals surface area contributed by atoms with E-state index >= 15 is 0 Å². The van der Waals surface area contributed by atoms with Crippen LogP contribution < -0.4 is 5.56 Å². The molecule has 0 atom stereocenters. The van der Waals surface area contributed by atoms with Gasteiger partial charge in [-0.15, -0.1) is 0 Å². The molecule has 1 N–H and O–H groups in total. The summed E-state index contributed by atoms with van der Waals surface area (Å²) in [5.74, 6) is -0.0460. The Morgan fingerprint density at radius 1 is 1.53 bits per heavy atom. The zero-order chi connectivity index (χ0) is 14.2. The number of nitrogens with zero attached hydrogens (tertiary/aromatic N) is 2. The third-order valence-electron chi connectivity index (χ3n) is 3.07. The van der Waals surface area contributed by atoms with Gasteiger partial charge < -0.3 is 5.11 Å². The molecule has 19 heavy (non-hydrogen) atoms. The minimum Gasteiger partial charge on any atom is -0.503 e. The van der Waals surface area contributed by atoms with Crippen LogP contribution in [-0.4, -0.2) is 14.5 Å². The van der Waals surface area contributed by atoms with Gasteiger partial charge in [-0.25, -0.2) is 4.98 Å². The highest BCUT2D eigenvalue weighted by Crippen LogP contribution is 2.30. The molecule has 0 aliphatic heterocycles. The van der Waals surface area contributed by atoms with Crippen molar-refractivity contribution in [2.24, 2.45) is 0 Å². The molecule has 0 unspecified atom stereocenters. The van der Waals surface area contributed by atoms with Gasteiger partial charge in [-0.05, 0) is 42.4 Å². The molecule has 0 spiro atoms. The van der Waals surface area contributed by atoms with Crippen LogP contribution in [0.2, 0.25) is 5.02 Å². The number of hydrogen-bond donors (Lipinski definition) is 1. The van der Waals surface area contributed by atoms with Crippen molar-refractivity contribution in [3.05, 3.63) is 36.4 Å². The maximum absolute atomic E-state index is 12.4. The summed E-state index contributed by atoms with van der Waals surface area (Å²) in [5.41, 5.74) is 1.48. The molecule has 0 bridgehead atoms. The van der Waals surface area contributed by atoms with E-state index in [4.69, 9.17) is 11.6 Å². The fourth-order valence-electron chi connectivity index (χ4n) is 1.99. The average Bonchev–Trinajstić information content (AvgIpc) is 2.38. The molecule has 4 nitrogen and oxygen atoms in total. The lowest BCUT2D eigenvalue weighted by Gasteiger charge is -2.10. The predicted octanol–water partition coefficient (Wildman–Crippen LogP) is 3.31. The molecule has 2 aromatic rings. The van der Waals surface area contributed by atoms with E-state index in [1.165, 1.54) is 10.6 Å². The van der Waals surface area contributed by atoms with E-state index in [-0.39, 0.29) is 17.0 Å². The van der Waals surface area contributed by atoms with Crippen molar-refractivity contribution in [1.29, 1.82) is 0 Å². The molecule has 2 rings (SSSR count). The van der Waals surface area contributed by atoms with E-state index in [2.05, 4.69) is 11.9 Å². The molecular weight excluding hydrogens is 379 g/mol. The minimum absolute atomic E-state index is 0.0460. The molecule has 0 aliphatic rings. The molecule has 0 saturated carbocycles. The number of fused-ring (bicyclic) bond motifs is 1. The van der Waals surface area contributed by atoms with Crippen LogP contribution in [0.25, 0.3) is 5.65 Å². The molecule has 0 radical (unpaired) electrons. The zero-order valence-electron chi connectivity index (χ0n) is 10.7. The predicted molar refractivity (Wildman–Crippen MR) is 84.2 cm³/mol. The molecule has 0 saturated heterocycles. The first-order valence-corrected chi connectivity index (χ1v) is 7.51. The van der Waals surface area contributed by atoms with E-state index < -0.39 is 0 Å². The summed E-state index contributed by atoms with van der Waals surface area (Å²) in [5, 5.41) is 10.4. The molecule has 2 aromatic heterocycles. The lowest BCUT2D eigenvalue weighted by atomic mass is 10.1. The first-order valence-electron chi connectivity index (χ1n) is 6.06. The quantitative estimate of drug-likeness (QED) is 0.816. The lowest BCUT2D eigenvalue weighted by Crippen LogP contribution is -2.22. The summed E-state index contributed by atoms with van der Waals surface area (Å²) in [6.07, 6.45) is 4.16. The third-order valence-corrected chi connectivity index (χ3v) is 4.77. The molecule has 102 valence electrons. The average molecular weight is 393 g/mol. The number of unbranched alkanes of at least 4 members (excludes halogenated alkanes) is 1. The number of aromatic nitrogens is 2. The van der Waals surface area contributed by atoms with Crippen molar-refractivity contribution >= 4 is 39.8 Å². The Kier molecular flexibility index (Phi) is 4.35. The van der Waals surface area contributed by atoms with Gasteiger partial charge in [0.15, 0.2) is 11.4 Å². The minimum atomic E-state index is -0.149. The van der Waals surface area contributed by atoms with E-state index in [0.717, 1.165) is 12.8 Å². The Balaban J connectivity index is 2.78. The van der Waals surface area contributed by atoms with Crippen LogP contribution in [0.4, 0.5) is 0 Å². The summed E-state index contributed by atoms with van der Waals surface area (Å²) in [4.78, 5) is 16.8. The van der Waals surface area contributed by atoms with Crippen molar-refractivity contribution in [1.82, 2.24) is 9.38 Å². The summed E-state index contributed by atoms with van der Waals surface area (Å²) >= 11 is 7.94. The van der Waals surface area contributed by atoms with Crippen LogP contribution in [0.15, 0.2) is 11.0 Å². The van der Waals surface area contributed by atoms with Gasteiger partial charge in [0.1, 0.15) is 0 Å². The van der Waals surface area contributed by atoms with Gasteiger partial charge in [0.25, 0.3) is 5.56 Å². The Labute approximate surface area is 129 Å². The molecule has 0 aliphatic carbocycles. The number of rotatable bonds is 3. The highest BCUT2D eigenvalue weighted by molar-refractivity contribution is 14.1. The second kappa shape index (κ2) is 5.66. The standard InChI is InChI=1S/C13H14ClIN2O2/c1-3-4-5-8-7(2)16-12-11(18)10(15)9(14)6-17(12)13(8)19/h6,18H,3-5H2,1-2H3. The van der Waals surface area contributed by atoms with Crippen molar-refractivity contribution < 1.29 is 5.11 Å². The highest BCUT2D eigenvalue weighted by Gasteiger charge is 2.15. The number of halogens is 2. The van der Waals surface area contributed by atoms with Gasteiger partial charge in [-0.1, -0.05) is 24.9 Å². The van der Waals surface area contributed by atoms with Crippen molar-refractivity contribution in [2.75, 3.05) is 0 Å². The van der Waals surface area contributed by atoms with Gasteiger partial charge in [0.2, 0.25) is 0 Å². The van der Waals surface area contributed by atoms with Crippen LogP contribution >= 0.6 is 34.2 Å². The number of pyridine rings is 1. The SMILES string of the molecule is CCCCc1c(C)nc2c(O)c(I)c(Cl)cn2c1=O. The van der Waals surface area contributed by atoms with Crippen LogP contribution in [0.3, 0.4) is 0 Å². The zero-order valence-corrected chi connectivity index (χ0v) is 13.6. The van der Waals surface area contributed by atoms with Crippen molar-refractivity contribution in [2.45, 2.75) is 33.1 Å². The van der Waals surface area contributed by atoms with Crippen LogP contribution in [-0.2, 0) is 6.42 Å². The van der Waals surface area contributed by atoms with E-state index in [1.54, 1.807) is 6.92 Å². The number of aryl methyl sites for hydroxylation is 1.